The lowest BCUT2D eigenvalue weighted by molar-refractivity contribution is 0.0664. The molecule has 0 atom stereocenters. The molecule has 0 saturated carbocycles. The molecule has 1 aliphatic rings. The largest absolute Gasteiger partial charge is 0.382 e. The number of nitriles is 1. The molecular weight excluding hydrogens is 318 g/mol. The molecule has 25 heavy (non-hydrogen) atoms. The second kappa shape index (κ2) is 6.75. The van der Waals surface area contributed by atoms with Gasteiger partial charge in [-0.1, -0.05) is 12.1 Å². The third kappa shape index (κ3) is 3.36. The van der Waals surface area contributed by atoms with Crippen molar-refractivity contribution in [3.05, 3.63) is 35.4 Å². The Morgan fingerprint density at radius 3 is 2.36 bits per heavy atom. The number of nitrogens with zero attached hydrogens (tertiary/aromatic N) is 5. The number of likely N-dealkylation sites (N-methyl/N-ethyl adjacent to an activating group) is 1. The van der Waals surface area contributed by atoms with Crippen molar-refractivity contribution in [2.24, 2.45) is 0 Å². The van der Waals surface area contributed by atoms with Crippen molar-refractivity contribution in [2.75, 3.05) is 44.7 Å². The summed E-state index contributed by atoms with van der Waals surface area (Å²) in [7, 11) is 2.04. The van der Waals surface area contributed by atoms with Gasteiger partial charge in [0.15, 0.2) is 0 Å². The van der Waals surface area contributed by atoms with Crippen LogP contribution in [0.2, 0.25) is 0 Å². The van der Waals surface area contributed by atoms with Gasteiger partial charge in [-0.3, -0.25) is 4.79 Å². The van der Waals surface area contributed by atoms with E-state index >= 15 is 0 Å². The number of carbonyl (C=O) groups is 1. The highest BCUT2D eigenvalue weighted by atomic mass is 16.2. The van der Waals surface area contributed by atoms with E-state index in [-0.39, 0.29) is 23.2 Å². The quantitative estimate of drug-likeness (QED) is 0.820. The van der Waals surface area contributed by atoms with Crippen molar-refractivity contribution in [1.82, 2.24) is 19.8 Å². The van der Waals surface area contributed by atoms with E-state index in [9.17, 15) is 10.1 Å². The highest BCUT2D eigenvalue weighted by molar-refractivity contribution is 5.95. The van der Waals surface area contributed by atoms with E-state index in [4.69, 9.17) is 11.5 Å². The van der Waals surface area contributed by atoms with Gasteiger partial charge in [0.25, 0.3) is 5.91 Å². The molecule has 1 fully saturated rings. The zero-order valence-electron chi connectivity index (χ0n) is 13.9. The van der Waals surface area contributed by atoms with Crippen LogP contribution >= 0.6 is 0 Å². The lowest BCUT2D eigenvalue weighted by atomic mass is 10.0. The maximum Gasteiger partial charge on any atom is 0.253 e. The summed E-state index contributed by atoms with van der Waals surface area (Å²) in [5.41, 5.74) is 13.2. The fraction of sp³-hybridized carbons (Fsp3) is 0.294. The van der Waals surface area contributed by atoms with E-state index in [0.717, 1.165) is 13.1 Å². The van der Waals surface area contributed by atoms with Gasteiger partial charge in [-0.25, -0.2) is 4.98 Å². The number of anilines is 2. The molecule has 1 aromatic carbocycles. The number of amides is 1. The minimum absolute atomic E-state index is 0.00173. The Bertz CT molecular complexity index is 833. The summed E-state index contributed by atoms with van der Waals surface area (Å²) < 4.78 is 0. The Balaban J connectivity index is 1.86. The van der Waals surface area contributed by atoms with Crippen LogP contribution in [0.1, 0.15) is 15.9 Å². The summed E-state index contributed by atoms with van der Waals surface area (Å²) in [6.07, 6.45) is 0. The maximum atomic E-state index is 12.6. The second-order valence-electron chi connectivity index (χ2n) is 5.98. The highest BCUT2D eigenvalue weighted by Crippen LogP contribution is 2.25. The highest BCUT2D eigenvalue weighted by Gasteiger charge is 2.20. The van der Waals surface area contributed by atoms with Gasteiger partial charge in [-0.2, -0.15) is 10.2 Å². The Morgan fingerprint density at radius 2 is 1.76 bits per heavy atom. The molecule has 0 aliphatic carbocycles. The van der Waals surface area contributed by atoms with Crippen molar-refractivity contribution in [1.29, 1.82) is 5.26 Å². The fourth-order valence-corrected chi connectivity index (χ4v) is 2.78. The van der Waals surface area contributed by atoms with Gasteiger partial charge in [0.05, 0.1) is 5.69 Å². The Morgan fingerprint density at radius 1 is 1.12 bits per heavy atom. The van der Waals surface area contributed by atoms with E-state index < -0.39 is 0 Å². The van der Waals surface area contributed by atoms with Crippen molar-refractivity contribution in [3.63, 3.8) is 0 Å². The molecule has 2 aromatic rings. The number of hydrogen-bond acceptors (Lipinski definition) is 7. The summed E-state index contributed by atoms with van der Waals surface area (Å²) >= 11 is 0. The van der Waals surface area contributed by atoms with Gasteiger partial charge in [0.2, 0.25) is 5.95 Å². The summed E-state index contributed by atoms with van der Waals surface area (Å²) in [4.78, 5) is 24.5. The van der Waals surface area contributed by atoms with Crippen LogP contribution in [-0.4, -0.2) is 58.9 Å². The molecule has 0 unspecified atom stereocenters. The average molecular weight is 337 g/mol. The normalized spacial score (nSPS) is 15.0. The molecule has 3 rings (SSSR count). The lowest BCUT2D eigenvalue weighted by Crippen LogP contribution is -2.47. The predicted octanol–water partition coefficient (Wildman–Crippen LogP) is 0.567. The SMILES string of the molecule is CN1CCN(C(=O)c2ccc(-c3nc(N)nc(N)c3C#N)cc2)CC1. The maximum absolute atomic E-state index is 12.6. The summed E-state index contributed by atoms with van der Waals surface area (Å²) in [6, 6.07) is 8.94. The molecule has 2 heterocycles. The monoisotopic (exact) mass is 337 g/mol. The third-order valence-electron chi connectivity index (χ3n) is 4.26. The topological polar surface area (TPSA) is 125 Å². The van der Waals surface area contributed by atoms with Crippen molar-refractivity contribution in [3.8, 4) is 17.3 Å². The minimum Gasteiger partial charge on any atom is -0.382 e. The van der Waals surface area contributed by atoms with E-state index in [1.54, 1.807) is 24.3 Å². The number of rotatable bonds is 2. The van der Waals surface area contributed by atoms with Crippen molar-refractivity contribution >= 4 is 17.7 Å². The van der Waals surface area contributed by atoms with Gasteiger partial charge >= 0.3 is 0 Å². The number of aromatic nitrogens is 2. The zero-order valence-corrected chi connectivity index (χ0v) is 13.9. The van der Waals surface area contributed by atoms with Crippen LogP contribution in [0, 0.1) is 11.3 Å². The molecule has 0 radical (unpaired) electrons. The summed E-state index contributed by atoms with van der Waals surface area (Å²) in [5, 5.41) is 9.27. The van der Waals surface area contributed by atoms with E-state index in [2.05, 4.69) is 14.9 Å². The first kappa shape index (κ1) is 16.7. The van der Waals surface area contributed by atoms with Gasteiger partial charge in [-0.15, -0.1) is 0 Å². The van der Waals surface area contributed by atoms with Gasteiger partial charge < -0.3 is 21.3 Å². The Kier molecular flexibility index (Phi) is 4.50. The molecule has 1 saturated heterocycles. The fourth-order valence-electron chi connectivity index (χ4n) is 2.78. The molecule has 8 heteroatoms. The minimum atomic E-state index is 0.00173. The molecule has 8 nitrogen and oxygen atoms in total. The van der Waals surface area contributed by atoms with Crippen LogP contribution in [-0.2, 0) is 0 Å². The second-order valence-corrected chi connectivity index (χ2v) is 5.98. The number of carbonyl (C=O) groups excluding carboxylic acids is 1. The number of benzene rings is 1. The molecule has 1 aliphatic heterocycles. The molecule has 0 spiro atoms. The standard InChI is InChI=1S/C17H19N7O/c1-23-6-8-24(9-7-23)16(25)12-4-2-11(3-5-12)14-13(10-18)15(19)22-17(20)21-14/h2-5H,6-9H2,1H3,(H4,19,20,21,22). The first-order valence-electron chi connectivity index (χ1n) is 7.91. The van der Waals surface area contributed by atoms with E-state index in [1.807, 2.05) is 18.0 Å². The van der Waals surface area contributed by atoms with Crippen LogP contribution < -0.4 is 11.5 Å². The number of hydrogen-bond donors (Lipinski definition) is 2. The Labute approximate surface area is 145 Å². The smallest absolute Gasteiger partial charge is 0.253 e. The Hall–Kier alpha value is -3.18. The van der Waals surface area contributed by atoms with Crippen LogP contribution in [0.15, 0.2) is 24.3 Å². The van der Waals surface area contributed by atoms with E-state index in [0.29, 0.717) is 29.9 Å². The summed E-state index contributed by atoms with van der Waals surface area (Å²) in [5.74, 6) is 0.0496. The molecule has 1 aromatic heterocycles. The van der Waals surface area contributed by atoms with Crippen LogP contribution in [0.5, 0.6) is 0 Å². The molecule has 4 N–H and O–H groups in total. The van der Waals surface area contributed by atoms with Crippen LogP contribution in [0.4, 0.5) is 11.8 Å². The zero-order chi connectivity index (χ0) is 18.0. The van der Waals surface area contributed by atoms with Gasteiger partial charge in [0, 0.05) is 37.3 Å². The molecule has 1 amide bonds. The van der Waals surface area contributed by atoms with Gasteiger partial charge in [0.1, 0.15) is 17.5 Å². The first-order chi connectivity index (χ1) is 12.0. The molecular formula is C17H19N7O. The van der Waals surface area contributed by atoms with Crippen LogP contribution in [0.25, 0.3) is 11.3 Å². The number of nitrogen functional groups attached to an aromatic ring is 2. The van der Waals surface area contributed by atoms with Crippen molar-refractivity contribution < 1.29 is 4.79 Å². The lowest BCUT2D eigenvalue weighted by Gasteiger charge is -2.32. The summed E-state index contributed by atoms with van der Waals surface area (Å²) in [6.45, 7) is 3.17. The number of nitrogens with two attached hydrogens (primary N) is 2. The predicted molar refractivity (Wildman–Crippen MR) is 94.4 cm³/mol. The first-order valence-corrected chi connectivity index (χ1v) is 7.91. The van der Waals surface area contributed by atoms with Crippen LogP contribution in [0.3, 0.4) is 0 Å². The van der Waals surface area contributed by atoms with Gasteiger partial charge in [-0.05, 0) is 19.2 Å². The molecule has 128 valence electrons. The third-order valence-corrected chi connectivity index (χ3v) is 4.26. The average Bonchev–Trinajstić information content (AvgIpc) is 2.61. The molecule has 0 bridgehead atoms. The van der Waals surface area contributed by atoms with Crippen molar-refractivity contribution in [2.45, 2.75) is 0 Å². The van der Waals surface area contributed by atoms with E-state index in [1.165, 1.54) is 0 Å². The number of piperazine rings is 1.